The van der Waals surface area contributed by atoms with Gasteiger partial charge < -0.3 is 24.0 Å². The molecule has 11 heteroatoms. The Labute approximate surface area is 386 Å². The molecule has 0 aromatic carbocycles. The number of quaternary nitrogens is 1. The second-order valence-corrected chi connectivity index (χ2v) is 19.5. The van der Waals surface area contributed by atoms with Gasteiger partial charge in [-0.2, -0.15) is 0 Å². The molecule has 10 nitrogen and oxygen atoms in total. The topological polar surface area (TPSA) is 129 Å². The number of carbonyl (C=O) groups is 2. The van der Waals surface area contributed by atoms with E-state index >= 15 is 0 Å². The highest BCUT2D eigenvalue weighted by Gasteiger charge is 2.27. The van der Waals surface area contributed by atoms with Crippen molar-refractivity contribution in [3.63, 3.8) is 0 Å². The van der Waals surface area contributed by atoms with E-state index in [1.807, 2.05) is 57.6 Å². The number of allylic oxidation sites excluding steroid dienone is 8. The van der Waals surface area contributed by atoms with Crippen molar-refractivity contribution in [3.05, 3.63) is 60.8 Å². The van der Waals surface area contributed by atoms with Crippen LogP contribution in [0.15, 0.2) is 60.8 Å². The summed E-state index contributed by atoms with van der Waals surface area (Å²) >= 11 is 0. The van der Waals surface area contributed by atoms with Gasteiger partial charge in [0.15, 0.2) is 6.10 Å². The summed E-state index contributed by atoms with van der Waals surface area (Å²) in [6.07, 6.45) is 50.2. The minimum absolute atomic E-state index is 0.0109. The molecule has 1 unspecified atom stereocenters. The lowest BCUT2D eigenvalue weighted by Gasteiger charge is -2.24. The molecule has 0 heterocycles. The predicted molar refractivity (Wildman–Crippen MR) is 262 cm³/mol. The average molecular weight is 909 g/mol. The second-order valence-electron chi connectivity index (χ2n) is 18.0. The van der Waals surface area contributed by atoms with E-state index in [4.69, 9.17) is 18.5 Å². The van der Waals surface area contributed by atoms with Crippen molar-refractivity contribution >= 4 is 19.8 Å². The van der Waals surface area contributed by atoms with Gasteiger partial charge in [0.25, 0.3) is 0 Å². The lowest BCUT2D eigenvalue weighted by atomic mass is 10.0. The summed E-state index contributed by atoms with van der Waals surface area (Å²) < 4.78 is 34.3. The van der Waals surface area contributed by atoms with E-state index in [0.29, 0.717) is 36.7 Å². The van der Waals surface area contributed by atoms with Gasteiger partial charge >= 0.3 is 19.8 Å². The Balaban J connectivity index is 4.39. The summed E-state index contributed by atoms with van der Waals surface area (Å²) in [7, 11) is 1.41. The molecule has 3 atom stereocenters. The number of ether oxygens (including phenoxy) is 2. The molecule has 0 spiro atoms. The van der Waals surface area contributed by atoms with Crippen LogP contribution in [0.4, 0.5) is 0 Å². The van der Waals surface area contributed by atoms with Crippen LogP contribution in [-0.2, 0) is 32.7 Å². The van der Waals surface area contributed by atoms with Crippen molar-refractivity contribution in [1.29, 1.82) is 0 Å². The maximum atomic E-state index is 12.8. The third-order valence-electron chi connectivity index (χ3n) is 10.6. The summed E-state index contributed by atoms with van der Waals surface area (Å²) in [6, 6.07) is 0. The minimum atomic E-state index is -4.41. The number of nitrogens with zero attached hydrogens (tertiary/aromatic N) is 1. The Kier molecular flexibility index (Phi) is 41.9. The third-order valence-corrected chi connectivity index (χ3v) is 11.6. The van der Waals surface area contributed by atoms with Crippen LogP contribution >= 0.6 is 7.82 Å². The van der Waals surface area contributed by atoms with Crippen molar-refractivity contribution in [2.24, 2.45) is 0 Å². The van der Waals surface area contributed by atoms with Gasteiger partial charge in [-0.3, -0.25) is 18.6 Å². The van der Waals surface area contributed by atoms with E-state index in [2.05, 4.69) is 32.1 Å². The monoisotopic (exact) mass is 909 g/mol. The summed E-state index contributed by atoms with van der Waals surface area (Å²) in [5.41, 5.74) is 0. The van der Waals surface area contributed by atoms with Gasteiger partial charge in [-0.1, -0.05) is 177 Å². The largest absolute Gasteiger partial charge is 0.472 e. The first-order valence-electron chi connectivity index (χ1n) is 25.1. The second kappa shape index (κ2) is 43.6. The number of hydrogen-bond acceptors (Lipinski definition) is 8. The summed E-state index contributed by atoms with van der Waals surface area (Å²) in [4.78, 5) is 35.5. The molecule has 0 aromatic heterocycles. The number of aliphatic hydroxyl groups excluding tert-OH is 1. The molecule has 2 N–H and O–H groups in total. The van der Waals surface area contributed by atoms with Gasteiger partial charge in [-0.05, 0) is 70.6 Å². The van der Waals surface area contributed by atoms with Gasteiger partial charge in [0.2, 0.25) is 0 Å². The van der Waals surface area contributed by atoms with Crippen LogP contribution in [0.1, 0.15) is 200 Å². The van der Waals surface area contributed by atoms with E-state index in [-0.39, 0.29) is 26.1 Å². The Morgan fingerprint density at radius 1 is 0.571 bits per heavy atom. The van der Waals surface area contributed by atoms with E-state index < -0.39 is 38.6 Å². The zero-order valence-electron chi connectivity index (χ0n) is 40.9. The zero-order valence-corrected chi connectivity index (χ0v) is 41.8. The lowest BCUT2D eigenvalue weighted by Crippen LogP contribution is -2.37. The highest BCUT2D eigenvalue weighted by Crippen LogP contribution is 2.43. The Bertz CT molecular complexity index is 1270. The van der Waals surface area contributed by atoms with Crippen molar-refractivity contribution < 1.29 is 47.2 Å². The number of unbranched alkanes of at least 4 members (excludes halogenated alkanes) is 21. The normalized spacial score (nSPS) is 14.5. The summed E-state index contributed by atoms with van der Waals surface area (Å²) in [5, 5.41) is 10.1. The molecule has 0 radical (unpaired) electrons. The van der Waals surface area contributed by atoms with Crippen LogP contribution in [0.2, 0.25) is 0 Å². The molecule has 0 saturated heterocycles. The Morgan fingerprint density at radius 3 is 1.68 bits per heavy atom. The van der Waals surface area contributed by atoms with Gasteiger partial charge in [0, 0.05) is 12.8 Å². The van der Waals surface area contributed by atoms with Gasteiger partial charge in [0.05, 0.1) is 33.9 Å². The van der Waals surface area contributed by atoms with E-state index in [9.17, 15) is 24.2 Å². The van der Waals surface area contributed by atoms with E-state index in [1.54, 1.807) is 6.08 Å². The van der Waals surface area contributed by atoms with Crippen LogP contribution in [0.25, 0.3) is 0 Å². The fourth-order valence-corrected chi connectivity index (χ4v) is 7.35. The molecule has 0 aliphatic carbocycles. The molecule has 366 valence electrons. The molecule has 0 amide bonds. The quantitative estimate of drug-likeness (QED) is 0.0153. The number of aliphatic hydroxyl groups is 1. The fourth-order valence-electron chi connectivity index (χ4n) is 6.61. The molecule has 0 aromatic rings. The molecule has 0 saturated carbocycles. The third kappa shape index (κ3) is 47.5. The minimum Gasteiger partial charge on any atom is -0.462 e. The zero-order chi connectivity index (χ0) is 46.5. The molecule has 0 aliphatic heterocycles. The van der Waals surface area contributed by atoms with Gasteiger partial charge in [-0.15, -0.1) is 0 Å². The first-order valence-corrected chi connectivity index (χ1v) is 26.6. The number of phosphoric acid groups is 1. The average Bonchev–Trinajstić information content (AvgIpc) is 3.23. The number of likely N-dealkylation sites (N-methyl/N-ethyl adjacent to an activating group) is 1. The SMILES string of the molecule is CCCCC/C=C\C=C/[C@@H](O)C/C=C\C/C=C/CCCC(=O)OC[C@H](COP(=O)(O)OCC[N+](C)(C)C)OC(=O)CCCCCCCCCCCCC/C=C\CCCCCCCC. The first-order chi connectivity index (χ1) is 30.4. The Hall–Kier alpha value is -2.33. The molecule has 63 heavy (non-hydrogen) atoms. The summed E-state index contributed by atoms with van der Waals surface area (Å²) in [6.45, 7) is 4.24. The van der Waals surface area contributed by atoms with Crippen molar-refractivity contribution in [1.82, 2.24) is 0 Å². The maximum absolute atomic E-state index is 12.8. The lowest BCUT2D eigenvalue weighted by molar-refractivity contribution is -0.870. The fraction of sp³-hybridized carbons (Fsp3) is 0.769. The number of esters is 2. The summed E-state index contributed by atoms with van der Waals surface area (Å²) in [5.74, 6) is -0.905. The van der Waals surface area contributed by atoms with Gasteiger partial charge in [-0.25, -0.2) is 4.57 Å². The molecular weight excluding hydrogens is 814 g/mol. The maximum Gasteiger partial charge on any atom is 0.472 e. The molecule has 0 aliphatic rings. The first kappa shape index (κ1) is 60.7. The Morgan fingerprint density at radius 2 is 1.06 bits per heavy atom. The highest BCUT2D eigenvalue weighted by molar-refractivity contribution is 7.47. The van der Waals surface area contributed by atoms with Crippen molar-refractivity contribution in [2.75, 3.05) is 47.5 Å². The van der Waals surface area contributed by atoms with Crippen LogP contribution in [0, 0.1) is 0 Å². The standard InChI is InChI=1S/C52H94NO9P/c1-6-8-10-12-14-15-16-17-18-19-20-21-22-23-24-25-26-27-31-36-40-44-52(56)62-50(48-61-63(57,58)60-46-45-53(3,4)5)47-59-51(55)43-39-35-32-28-30-34-38-42-49(54)41-37-33-29-13-11-9-7-2/h17-18,28-29,32-34,37-38,41,49-50,54H,6-16,19-27,30-31,35-36,39-40,42-48H2,1-5H3/p+1/b18-17-,32-28+,33-29-,38-34-,41-37-/t49-,50-/m1/s1. The molecule has 0 rings (SSSR count). The number of phosphoric ester groups is 1. The molecule has 0 bridgehead atoms. The van der Waals surface area contributed by atoms with Crippen LogP contribution in [0.5, 0.6) is 0 Å². The number of rotatable bonds is 45. The van der Waals surface area contributed by atoms with Crippen LogP contribution < -0.4 is 0 Å². The van der Waals surface area contributed by atoms with Gasteiger partial charge in [0.1, 0.15) is 19.8 Å². The van der Waals surface area contributed by atoms with Crippen molar-refractivity contribution in [3.8, 4) is 0 Å². The number of carbonyl (C=O) groups excluding carboxylic acids is 2. The smallest absolute Gasteiger partial charge is 0.462 e. The molecule has 0 fully saturated rings. The van der Waals surface area contributed by atoms with E-state index in [0.717, 1.165) is 32.1 Å². The van der Waals surface area contributed by atoms with Crippen molar-refractivity contribution in [2.45, 2.75) is 212 Å². The number of hydrogen-bond donors (Lipinski definition) is 2. The van der Waals surface area contributed by atoms with E-state index in [1.165, 1.54) is 116 Å². The highest BCUT2D eigenvalue weighted by atomic mass is 31.2. The van der Waals surface area contributed by atoms with Crippen LogP contribution in [-0.4, -0.2) is 86.1 Å². The predicted octanol–water partition coefficient (Wildman–Crippen LogP) is 13.8. The molecular formula is C52H95NO9P+. The van der Waals surface area contributed by atoms with Crippen LogP contribution in [0.3, 0.4) is 0 Å².